The number of rotatable bonds is 5. The number of hydrogen-bond acceptors (Lipinski definition) is 7. The second-order valence-corrected chi connectivity index (χ2v) is 4.90. The summed E-state index contributed by atoms with van der Waals surface area (Å²) >= 11 is 0. The highest BCUT2D eigenvalue weighted by atomic mass is 31.3. The third-order valence-corrected chi connectivity index (χ3v) is 3.52. The van der Waals surface area contributed by atoms with Crippen LogP contribution in [0, 0.1) is 0 Å². The van der Waals surface area contributed by atoms with Crippen LogP contribution in [0.25, 0.3) is 0 Å². The predicted molar refractivity (Wildman–Crippen MR) is 42.4 cm³/mol. The predicted octanol–water partition coefficient (Wildman–Crippen LogP) is 0.0103. The fraction of sp³-hybridized carbons (Fsp3) is 1.00. The van der Waals surface area contributed by atoms with E-state index in [-0.39, 0.29) is 6.61 Å². The fourth-order valence-electron chi connectivity index (χ4n) is 0.364. The lowest BCUT2D eigenvalue weighted by Gasteiger charge is -2.07. The van der Waals surface area contributed by atoms with Crippen molar-refractivity contribution >= 4 is 16.3 Å². The Hall–Kier alpha value is 0.580. The Labute approximate surface area is 70.8 Å². The van der Waals surface area contributed by atoms with Crippen molar-refractivity contribution in [1.29, 1.82) is 0 Å². The Bertz CT molecular complexity index is 137. The maximum atomic E-state index is 8.83. The van der Waals surface area contributed by atoms with Crippen molar-refractivity contribution in [2.24, 2.45) is 0 Å². The Balaban J connectivity index is 4.04. The largest absolute Gasteiger partial charge is 0.620 e. The van der Waals surface area contributed by atoms with Crippen molar-refractivity contribution in [3.05, 3.63) is 0 Å². The average molecular weight is 222 g/mol. The minimum Gasteiger partial charge on any atom is -0.165 e. The smallest absolute Gasteiger partial charge is 0.165 e. The van der Waals surface area contributed by atoms with Crippen LogP contribution in [0.2, 0.25) is 0 Å². The highest BCUT2D eigenvalue weighted by Crippen LogP contribution is 2.69. The molecular weight excluding hydrogens is 210 g/mol. The van der Waals surface area contributed by atoms with Gasteiger partial charge in [-0.2, -0.15) is 28.6 Å². The molecule has 0 heterocycles. The molecule has 0 fully saturated rings. The van der Waals surface area contributed by atoms with E-state index in [1.807, 2.05) is 0 Å². The van der Waals surface area contributed by atoms with Gasteiger partial charge in [-0.25, -0.2) is 0 Å². The fourth-order valence-corrected chi connectivity index (χ4v) is 2.26. The molecule has 74 valence electrons. The third kappa shape index (κ3) is 5.27. The third-order valence-electron chi connectivity index (χ3n) is 0.748. The van der Waals surface area contributed by atoms with Gasteiger partial charge in [-0.05, 0) is 6.92 Å². The summed E-state index contributed by atoms with van der Waals surface area (Å²) in [5.74, 6) is 0. The van der Waals surface area contributed by atoms with Gasteiger partial charge < -0.3 is 0 Å². The van der Waals surface area contributed by atoms with E-state index in [9.17, 15) is 0 Å². The molecule has 0 aliphatic rings. The minimum atomic E-state index is -4.16. The average Bonchev–Trinajstić information content (AvgIpc) is 1.85. The standard InChI is InChI=1S/C3H12O7P2/c1-3-9-12(6,7)10-11(4,5)8-2/h4-7H,3H2,1-2H3/q+2. The van der Waals surface area contributed by atoms with E-state index in [2.05, 4.69) is 13.4 Å². The molecule has 0 saturated carbocycles. The van der Waals surface area contributed by atoms with Crippen molar-refractivity contribution in [1.82, 2.24) is 0 Å². The van der Waals surface area contributed by atoms with Gasteiger partial charge in [-0.1, -0.05) is 0 Å². The normalized spacial score (nSPS) is 13.5. The van der Waals surface area contributed by atoms with Gasteiger partial charge in [-0.3, -0.25) is 0 Å². The van der Waals surface area contributed by atoms with Gasteiger partial charge in [0, 0.05) is 0 Å². The molecule has 0 atom stereocenters. The maximum Gasteiger partial charge on any atom is 0.620 e. The summed E-state index contributed by atoms with van der Waals surface area (Å²) in [7, 11) is -7.35. The van der Waals surface area contributed by atoms with E-state index in [0.29, 0.717) is 0 Å². The summed E-state index contributed by atoms with van der Waals surface area (Å²) in [5.41, 5.74) is 0. The van der Waals surface area contributed by atoms with E-state index < -0.39 is 16.3 Å². The van der Waals surface area contributed by atoms with Crippen LogP contribution in [-0.4, -0.2) is 33.3 Å². The Morgan fingerprint density at radius 2 is 1.58 bits per heavy atom. The summed E-state index contributed by atoms with van der Waals surface area (Å²) in [6.45, 7) is 1.47. The quantitative estimate of drug-likeness (QED) is 0.485. The highest BCUT2D eigenvalue weighted by molar-refractivity contribution is 7.67. The molecule has 0 saturated heterocycles. The first-order valence-electron chi connectivity index (χ1n) is 2.93. The molecule has 4 N–H and O–H groups in total. The van der Waals surface area contributed by atoms with Gasteiger partial charge in [0.15, 0.2) is 0 Å². The number of hydrogen-bond donors (Lipinski definition) is 4. The van der Waals surface area contributed by atoms with Crippen LogP contribution < -0.4 is 0 Å². The van der Waals surface area contributed by atoms with Gasteiger partial charge >= 0.3 is 16.3 Å². The summed E-state index contributed by atoms with van der Waals surface area (Å²) in [4.78, 5) is 35.1. The van der Waals surface area contributed by atoms with Crippen molar-refractivity contribution < 1.29 is 32.9 Å². The van der Waals surface area contributed by atoms with Gasteiger partial charge in [0.2, 0.25) is 0 Å². The second-order valence-electron chi connectivity index (χ2n) is 1.66. The van der Waals surface area contributed by atoms with Crippen molar-refractivity contribution in [3.8, 4) is 0 Å². The van der Waals surface area contributed by atoms with E-state index in [0.717, 1.165) is 7.11 Å². The summed E-state index contributed by atoms with van der Waals surface area (Å²) in [5, 5.41) is 0. The molecule has 0 aliphatic carbocycles. The van der Waals surface area contributed by atoms with Gasteiger partial charge in [0.25, 0.3) is 0 Å². The summed E-state index contributed by atoms with van der Waals surface area (Å²) in [6.07, 6.45) is 0. The van der Waals surface area contributed by atoms with Crippen LogP contribution >= 0.6 is 16.3 Å². The SMILES string of the molecule is CCO[P+](O)(O)O[P+](O)(O)OC. The molecule has 0 aromatic heterocycles. The topological polar surface area (TPSA) is 109 Å². The van der Waals surface area contributed by atoms with E-state index in [4.69, 9.17) is 19.6 Å². The lowest BCUT2D eigenvalue weighted by atomic mass is 10.9. The Kier molecular flexibility index (Phi) is 4.94. The highest BCUT2D eigenvalue weighted by Gasteiger charge is 2.59. The zero-order valence-electron chi connectivity index (χ0n) is 6.62. The Morgan fingerprint density at radius 1 is 1.08 bits per heavy atom. The molecule has 9 heteroatoms. The summed E-state index contributed by atoms with van der Waals surface area (Å²) in [6, 6.07) is 0. The van der Waals surface area contributed by atoms with Crippen LogP contribution in [0.1, 0.15) is 6.92 Å². The first kappa shape index (κ1) is 12.6. The van der Waals surface area contributed by atoms with Crippen LogP contribution in [0.15, 0.2) is 0 Å². The molecule has 0 aromatic rings. The van der Waals surface area contributed by atoms with Crippen molar-refractivity contribution in [2.75, 3.05) is 13.7 Å². The molecule has 12 heavy (non-hydrogen) atoms. The van der Waals surface area contributed by atoms with Gasteiger partial charge in [0.05, 0.1) is 18.0 Å². The first-order valence-corrected chi connectivity index (χ1v) is 5.99. The van der Waals surface area contributed by atoms with Crippen LogP contribution in [0.3, 0.4) is 0 Å². The van der Waals surface area contributed by atoms with Gasteiger partial charge in [0.1, 0.15) is 0 Å². The van der Waals surface area contributed by atoms with Crippen molar-refractivity contribution in [3.63, 3.8) is 0 Å². The second kappa shape index (κ2) is 4.72. The molecule has 0 amide bonds. The van der Waals surface area contributed by atoms with Crippen molar-refractivity contribution in [2.45, 2.75) is 6.92 Å². The monoisotopic (exact) mass is 222 g/mol. The lowest BCUT2D eigenvalue weighted by molar-refractivity contribution is 0.128. The molecule has 0 radical (unpaired) electrons. The first-order chi connectivity index (χ1) is 5.33. The molecule has 0 spiro atoms. The molecule has 7 nitrogen and oxygen atoms in total. The van der Waals surface area contributed by atoms with E-state index >= 15 is 0 Å². The van der Waals surface area contributed by atoms with E-state index in [1.165, 1.54) is 6.92 Å². The van der Waals surface area contributed by atoms with Crippen LogP contribution in [0.4, 0.5) is 0 Å². The zero-order chi connectivity index (χ0) is 9.83. The molecule has 0 aliphatic heterocycles. The van der Waals surface area contributed by atoms with E-state index in [1.54, 1.807) is 0 Å². The maximum absolute atomic E-state index is 8.83. The Morgan fingerprint density at radius 3 is 1.92 bits per heavy atom. The molecule has 0 rings (SSSR count). The molecular formula is C3H12O7P2+2. The zero-order valence-corrected chi connectivity index (χ0v) is 8.40. The molecule has 0 bridgehead atoms. The summed E-state index contributed by atoms with van der Waals surface area (Å²) < 4.78 is 12.4. The minimum absolute atomic E-state index is 0.0233. The molecule has 0 unspecified atom stereocenters. The van der Waals surface area contributed by atoms with Crippen LogP contribution in [-0.2, 0) is 13.4 Å². The lowest BCUT2D eigenvalue weighted by Crippen LogP contribution is -2.04. The molecule has 0 aromatic carbocycles. The van der Waals surface area contributed by atoms with Crippen LogP contribution in [0.5, 0.6) is 0 Å². The van der Waals surface area contributed by atoms with Gasteiger partial charge in [-0.15, -0.1) is 0 Å².